The first-order chi connectivity index (χ1) is 9.34. The predicted octanol–water partition coefficient (Wildman–Crippen LogP) is 3.57. The number of nitrogens with one attached hydrogen (secondary N) is 1. The number of aromatic nitrogens is 4. The Bertz CT molecular complexity index is 731. The lowest BCUT2D eigenvalue weighted by molar-refractivity contribution is 0.436. The molecule has 0 radical (unpaired) electrons. The normalized spacial score (nSPS) is 17.5. The lowest BCUT2D eigenvalue weighted by Gasteiger charge is -2.21. The molecule has 1 saturated carbocycles. The third-order valence-corrected chi connectivity index (χ3v) is 4.40. The van der Waals surface area contributed by atoms with Crippen LogP contribution in [0.25, 0.3) is 16.8 Å². The van der Waals surface area contributed by atoms with Crippen LogP contribution in [-0.2, 0) is 0 Å². The van der Waals surface area contributed by atoms with Crippen molar-refractivity contribution in [2.75, 3.05) is 0 Å². The van der Waals surface area contributed by atoms with E-state index in [9.17, 15) is 0 Å². The van der Waals surface area contributed by atoms with Crippen molar-refractivity contribution >= 4 is 16.8 Å². The van der Waals surface area contributed by atoms with Gasteiger partial charge < -0.3 is 4.98 Å². The Labute approximate surface area is 111 Å². The molecule has 0 amide bonds. The van der Waals surface area contributed by atoms with Gasteiger partial charge in [0.15, 0.2) is 11.3 Å². The van der Waals surface area contributed by atoms with E-state index in [-0.39, 0.29) is 0 Å². The third-order valence-electron chi connectivity index (χ3n) is 4.40. The van der Waals surface area contributed by atoms with Crippen molar-refractivity contribution in [2.24, 2.45) is 0 Å². The molecule has 1 aliphatic carbocycles. The minimum Gasteiger partial charge on any atom is -0.345 e. The second kappa shape index (κ2) is 4.08. The fourth-order valence-corrected chi connectivity index (χ4v) is 3.40. The number of imidazole rings is 1. The molecule has 4 heteroatoms. The summed E-state index contributed by atoms with van der Waals surface area (Å²) >= 11 is 0. The third kappa shape index (κ3) is 1.59. The molecule has 19 heavy (non-hydrogen) atoms. The number of aromatic amines is 1. The van der Waals surface area contributed by atoms with Crippen molar-refractivity contribution in [3.05, 3.63) is 29.8 Å². The number of rotatable bonds is 1. The van der Waals surface area contributed by atoms with Crippen LogP contribution in [0.15, 0.2) is 18.6 Å². The average molecular weight is 254 g/mol. The highest BCUT2D eigenvalue weighted by Gasteiger charge is 2.21. The maximum Gasteiger partial charge on any atom is 0.156 e. The molecule has 0 spiro atoms. The lowest BCUT2D eigenvalue weighted by Crippen LogP contribution is -2.07. The molecule has 1 N–H and O–H groups in total. The summed E-state index contributed by atoms with van der Waals surface area (Å²) in [6, 6.07) is 0. The van der Waals surface area contributed by atoms with Crippen LogP contribution in [-0.4, -0.2) is 19.4 Å². The summed E-state index contributed by atoms with van der Waals surface area (Å²) in [5.41, 5.74) is 5.72. The molecule has 4 nitrogen and oxygen atoms in total. The van der Waals surface area contributed by atoms with Gasteiger partial charge in [-0.1, -0.05) is 19.3 Å². The van der Waals surface area contributed by atoms with Crippen LogP contribution in [0.2, 0.25) is 0 Å². The molecule has 98 valence electrons. The smallest absolute Gasteiger partial charge is 0.156 e. The molecule has 0 bridgehead atoms. The van der Waals surface area contributed by atoms with Gasteiger partial charge in [0, 0.05) is 24.0 Å². The van der Waals surface area contributed by atoms with Crippen molar-refractivity contribution in [3.8, 4) is 0 Å². The maximum absolute atomic E-state index is 4.55. The zero-order valence-electron chi connectivity index (χ0n) is 11.2. The fourth-order valence-electron chi connectivity index (χ4n) is 3.40. The second-order valence-corrected chi connectivity index (χ2v) is 5.64. The quantitative estimate of drug-likeness (QED) is 0.721. The summed E-state index contributed by atoms with van der Waals surface area (Å²) in [4.78, 5) is 12.2. The van der Waals surface area contributed by atoms with Crippen molar-refractivity contribution < 1.29 is 0 Å². The predicted molar refractivity (Wildman–Crippen MR) is 75.4 cm³/mol. The standard InChI is InChI=1S/C15H18N4/c1-10-7-17-15-14(10)19-12(8-16-13(19)9-18-15)11-5-3-2-4-6-11/h7-9,11,17H,2-6H2,1H3. The summed E-state index contributed by atoms with van der Waals surface area (Å²) in [6.45, 7) is 2.13. The van der Waals surface area contributed by atoms with Gasteiger partial charge in [0.25, 0.3) is 0 Å². The van der Waals surface area contributed by atoms with Gasteiger partial charge in [0.1, 0.15) is 0 Å². The van der Waals surface area contributed by atoms with E-state index in [1.54, 1.807) is 0 Å². The summed E-state index contributed by atoms with van der Waals surface area (Å²) in [5, 5.41) is 0. The van der Waals surface area contributed by atoms with Gasteiger partial charge in [-0.3, -0.25) is 4.40 Å². The number of hydrogen-bond acceptors (Lipinski definition) is 2. The highest BCUT2D eigenvalue weighted by molar-refractivity contribution is 5.78. The van der Waals surface area contributed by atoms with Gasteiger partial charge in [0.05, 0.1) is 11.7 Å². The molecule has 1 aliphatic rings. The second-order valence-electron chi connectivity index (χ2n) is 5.64. The first-order valence-corrected chi connectivity index (χ1v) is 7.14. The van der Waals surface area contributed by atoms with E-state index in [1.807, 2.05) is 12.4 Å². The molecule has 4 rings (SSSR count). The van der Waals surface area contributed by atoms with Gasteiger partial charge in [-0.15, -0.1) is 0 Å². The summed E-state index contributed by atoms with van der Waals surface area (Å²) in [6.07, 6.45) is 12.6. The van der Waals surface area contributed by atoms with E-state index in [0.717, 1.165) is 11.3 Å². The molecule has 3 aromatic heterocycles. The van der Waals surface area contributed by atoms with E-state index in [2.05, 4.69) is 32.5 Å². The topological polar surface area (TPSA) is 46.0 Å². The number of H-pyrrole nitrogens is 1. The number of fused-ring (bicyclic) bond motifs is 3. The fraction of sp³-hybridized carbons (Fsp3) is 0.467. The Balaban J connectivity index is 1.99. The highest BCUT2D eigenvalue weighted by Crippen LogP contribution is 2.34. The molecule has 0 atom stereocenters. The molecule has 0 aliphatic heterocycles. The largest absolute Gasteiger partial charge is 0.345 e. The number of hydrogen-bond donors (Lipinski definition) is 1. The monoisotopic (exact) mass is 254 g/mol. The summed E-state index contributed by atoms with van der Waals surface area (Å²) in [5.74, 6) is 0.656. The van der Waals surface area contributed by atoms with Gasteiger partial charge in [0.2, 0.25) is 0 Å². The molecular formula is C15H18N4. The maximum atomic E-state index is 4.55. The first kappa shape index (κ1) is 11.0. The van der Waals surface area contributed by atoms with Crippen LogP contribution in [0.4, 0.5) is 0 Å². The summed E-state index contributed by atoms with van der Waals surface area (Å²) in [7, 11) is 0. The molecule has 3 aromatic rings. The van der Waals surface area contributed by atoms with Gasteiger partial charge >= 0.3 is 0 Å². The van der Waals surface area contributed by atoms with E-state index in [0.29, 0.717) is 5.92 Å². The van der Waals surface area contributed by atoms with E-state index >= 15 is 0 Å². The van der Waals surface area contributed by atoms with Crippen molar-refractivity contribution in [1.29, 1.82) is 0 Å². The average Bonchev–Trinajstić information content (AvgIpc) is 3.03. The van der Waals surface area contributed by atoms with Crippen molar-refractivity contribution in [3.63, 3.8) is 0 Å². The highest BCUT2D eigenvalue weighted by atomic mass is 15.1. The van der Waals surface area contributed by atoms with Crippen LogP contribution >= 0.6 is 0 Å². The van der Waals surface area contributed by atoms with E-state index < -0.39 is 0 Å². The van der Waals surface area contributed by atoms with Crippen LogP contribution in [0.5, 0.6) is 0 Å². The molecular weight excluding hydrogens is 236 g/mol. The number of aryl methyl sites for hydroxylation is 1. The minimum absolute atomic E-state index is 0.656. The Morgan fingerprint density at radius 3 is 2.84 bits per heavy atom. The Morgan fingerprint density at radius 1 is 1.16 bits per heavy atom. The van der Waals surface area contributed by atoms with E-state index in [1.165, 1.54) is 48.9 Å². The van der Waals surface area contributed by atoms with Gasteiger partial charge in [-0.05, 0) is 25.3 Å². The van der Waals surface area contributed by atoms with Crippen molar-refractivity contribution in [2.45, 2.75) is 44.9 Å². The lowest BCUT2D eigenvalue weighted by atomic mass is 9.87. The zero-order chi connectivity index (χ0) is 12.8. The van der Waals surface area contributed by atoms with Gasteiger partial charge in [-0.2, -0.15) is 0 Å². The Hall–Kier alpha value is -1.84. The van der Waals surface area contributed by atoms with Crippen molar-refractivity contribution in [1.82, 2.24) is 19.4 Å². The molecule has 0 saturated heterocycles. The van der Waals surface area contributed by atoms with Crippen LogP contribution in [0.1, 0.15) is 49.3 Å². The van der Waals surface area contributed by atoms with E-state index in [4.69, 9.17) is 0 Å². The SMILES string of the molecule is Cc1c[nH]c2ncc3ncc(C4CCCCC4)n3c12. The Morgan fingerprint density at radius 2 is 2.00 bits per heavy atom. The summed E-state index contributed by atoms with van der Waals surface area (Å²) < 4.78 is 2.31. The zero-order valence-corrected chi connectivity index (χ0v) is 11.2. The number of nitrogens with zero attached hydrogens (tertiary/aromatic N) is 3. The molecule has 3 heterocycles. The molecule has 0 unspecified atom stereocenters. The minimum atomic E-state index is 0.656. The molecule has 0 aromatic carbocycles. The van der Waals surface area contributed by atoms with Crippen LogP contribution < -0.4 is 0 Å². The van der Waals surface area contributed by atoms with Crippen LogP contribution in [0.3, 0.4) is 0 Å². The Kier molecular flexibility index (Phi) is 2.37. The van der Waals surface area contributed by atoms with Gasteiger partial charge in [-0.25, -0.2) is 9.97 Å². The van der Waals surface area contributed by atoms with Crippen LogP contribution in [0, 0.1) is 6.92 Å². The molecule has 1 fully saturated rings. The first-order valence-electron chi connectivity index (χ1n) is 7.14.